The molecule has 0 radical (unpaired) electrons. The summed E-state index contributed by atoms with van der Waals surface area (Å²) in [5, 5.41) is 3.12. The second-order valence-electron chi connectivity index (χ2n) is 4.59. The van der Waals surface area contributed by atoms with Crippen molar-refractivity contribution in [3.05, 3.63) is 35.4 Å². The number of hydrogen-bond donors (Lipinski definition) is 1. The lowest BCUT2D eigenvalue weighted by Gasteiger charge is -2.18. The van der Waals surface area contributed by atoms with E-state index in [2.05, 4.69) is 5.32 Å². The van der Waals surface area contributed by atoms with Crippen molar-refractivity contribution in [2.75, 3.05) is 7.05 Å². The SMILES string of the molecule is CNC(Cc1ccccc1C(F)(F)F)C1CC1. The molecule has 94 valence electrons. The van der Waals surface area contributed by atoms with E-state index >= 15 is 0 Å². The highest BCUT2D eigenvalue weighted by Crippen LogP contribution is 2.37. The molecule has 1 aromatic carbocycles. The van der Waals surface area contributed by atoms with Gasteiger partial charge in [0.2, 0.25) is 0 Å². The predicted molar refractivity (Wildman–Crippen MR) is 60.7 cm³/mol. The summed E-state index contributed by atoms with van der Waals surface area (Å²) >= 11 is 0. The average Bonchev–Trinajstić information content (AvgIpc) is 3.09. The number of hydrogen-bond acceptors (Lipinski definition) is 1. The van der Waals surface area contributed by atoms with Crippen LogP contribution in [0, 0.1) is 5.92 Å². The summed E-state index contributed by atoms with van der Waals surface area (Å²) in [5.41, 5.74) is -0.104. The van der Waals surface area contributed by atoms with E-state index in [9.17, 15) is 13.2 Å². The van der Waals surface area contributed by atoms with Crippen molar-refractivity contribution in [2.24, 2.45) is 5.92 Å². The maximum Gasteiger partial charge on any atom is 0.416 e. The van der Waals surface area contributed by atoms with E-state index in [1.807, 2.05) is 7.05 Å². The van der Waals surface area contributed by atoms with Crippen LogP contribution in [0.25, 0.3) is 0 Å². The minimum atomic E-state index is -4.25. The molecule has 0 heterocycles. The molecular formula is C13H16F3N. The molecule has 1 atom stereocenters. The summed E-state index contributed by atoms with van der Waals surface area (Å²) in [7, 11) is 1.82. The van der Waals surface area contributed by atoms with Crippen LogP contribution >= 0.6 is 0 Å². The Morgan fingerprint density at radius 2 is 1.94 bits per heavy atom. The van der Waals surface area contributed by atoms with Crippen molar-refractivity contribution in [3.63, 3.8) is 0 Å². The van der Waals surface area contributed by atoms with Crippen molar-refractivity contribution >= 4 is 0 Å². The Morgan fingerprint density at radius 1 is 1.29 bits per heavy atom. The highest BCUT2D eigenvalue weighted by molar-refractivity contribution is 5.30. The molecule has 2 rings (SSSR count). The number of halogens is 3. The van der Waals surface area contributed by atoms with E-state index in [0.717, 1.165) is 18.9 Å². The minimum absolute atomic E-state index is 0.165. The number of nitrogens with one attached hydrogen (secondary N) is 1. The van der Waals surface area contributed by atoms with E-state index in [4.69, 9.17) is 0 Å². The van der Waals surface area contributed by atoms with Gasteiger partial charge in [0.05, 0.1) is 5.56 Å². The Bertz CT molecular complexity index is 382. The first-order chi connectivity index (χ1) is 8.02. The quantitative estimate of drug-likeness (QED) is 0.856. The molecule has 0 saturated heterocycles. The Labute approximate surface area is 99.0 Å². The highest BCUT2D eigenvalue weighted by Gasteiger charge is 2.35. The molecule has 1 aliphatic rings. The zero-order valence-corrected chi connectivity index (χ0v) is 9.72. The zero-order chi connectivity index (χ0) is 12.5. The van der Waals surface area contributed by atoms with Gasteiger partial charge in [-0.05, 0) is 43.9 Å². The minimum Gasteiger partial charge on any atom is -0.316 e. The fraction of sp³-hybridized carbons (Fsp3) is 0.538. The lowest BCUT2D eigenvalue weighted by Crippen LogP contribution is -2.30. The van der Waals surface area contributed by atoms with Gasteiger partial charge in [-0.3, -0.25) is 0 Å². The summed E-state index contributed by atoms with van der Waals surface area (Å²) in [6.07, 6.45) is -1.55. The van der Waals surface area contributed by atoms with Gasteiger partial charge in [0.25, 0.3) is 0 Å². The standard InChI is InChI=1S/C13H16F3N/c1-17-12(9-6-7-9)8-10-4-2-3-5-11(10)13(14,15)16/h2-5,9,12,17H,6-8H2,1H3. The maximum atomic E-state index is 12.8. The fourth-order valence-electron chi connectivity index (χ4n) is 2.21. The third-order valence-corrected chi connectivity index (χ3v) is 3.32. The van der Waals surface area contributed by atoms with Gasteiger partial charge in [0, 0.05) is 6.04 Å². The van der Waals surface area contributed by atoms with E-state index in [1.165, 1.54) is 6.07 Å². The van der Waals surface area contributed by atoms with Crippen molar-refractivity contribution in [3.8, 4) is 0 Å². The van der Waals surface area contributed by atoms with Crippen LogP contribution in [-0.2, 0) is 12.6 Å². The van der Waals surface area contributed by atoms with Crippen LogP contribution in [0.15, 0.2) is 24.3 Å². The normalized spacial score (nSPS) is 18.1. The molecule has 1 aliphatic carbocycles. The van der Waals surface area contributed by atoms with Gasteiger partial charge in [0.1, 0.15) is 0 Å². The second kappa shape index (κ2) is 4.69. The predicted octanol–water partition coefficient (Wildman–Crippen LogP) is 3.25. The van der Waals surface area contributed by atoms with E-state index in [-0.39, 0.29) is 6.04 Å². The molecule has 1 nitrogen and oxygen atoms in total. The summed E-state index contributed by atoms with van der Waals surface area (Å²) in [6.45, 7) is 0. The first kappa shape index (κ1) is 12.4. The van der Waals surface area contributed by atoms with Crippen LogP contribution in [0.1, 0.15) is 24.0 Å². The van der Waals surface area contributed by atoms with Crippen LogP contribution in [0.5, 0.6) is 0 Å². The molecule has 0 bridgehead atoms. The molecule has 0 amide bonds. The van der Waals surface area contributed by atoms with E-state index < -0.39 is 11.7 Å². The van der Waals surface area contributed by atoms with Crippen LogP contribution in [0.3, 0.4) is 0 Å². The smallest absolute Gasteiger partial charge is 0.316 e. The molecule has 0 aliphatic heterocycles. The second-order valence-corrected chi connectivity index (χ2v) is 4.59. The zero-order valence-electron chi connectivity index (χ0n) is 9.72. The topological polar surface area (TPSA) is 12.0 Å². The van der Waals surface area contributed by atoms with Crippen molar-refractivity contribution in [1.82, 2.24) is 5.32 Å². The summed E-state index contributed by atoms with van der Waals surface area (Å²) in [4.78, 5) is 0. The third kappa shape index (κ3) is 3.00. The molecular weight excluding hydrogens is 227 g/mol. The molecule has 4 heteroatoms. The number of likely N-dealkylation sites (N-methyl/N-ethyl adjacent to an activating group) is 1. The molecule has 1 aromatic rings. The van der Waals surface area contributed by atoms with Gasteiger partial charge in [-0.2, -0.15) is 13.2 Å². The highest BCUT2D eigenvalue weighted by atomic mass is 19.4. The average molecular weight is 243 g/mol. The third-order valence-electron chi connectivity index (χ3n) is 3.32. The lowest BCUT2D eigenvalue weighted by molar-refractivity contribution is -0.138. The molecule has 1 fully saturated rings. The molecule has 1 N–H and O–H groups in total. The van der Waals surface area contributed by atoms with Gasteiger partial charge in [-0.1, -0.05) is 18.2 Å². The van der Waals surface area contributed by atoms with Crippen LogP contribution in [-0.4, -0.2) is 13.1 Å². The summed E-state index contributed by atoms with van der Waals surface area (Å²) in [6, 6.07) is 6.02. The molecule has 1 unspecified atom stereocenters. The Balaban J connectivity index is 2.19. The molecule has 0 aromatic heterocycles. The number of benzene rings is 1. The largest absolute Gasteiger partial charge is 0.416 e. The number of rotatable bonds is 4. The van der Waals surface area contributed by atoms with Crippen molar-refractivity contribution < 1.29 is 13.2 Å². The monoisotopic (exact) mass is 243 g/mol. The lowest BCUT2D eigenvalue weighted by atomic mass is 9.97. The molecule has 17 heavy (non-hydrogen) atoms. The Hall–Kier alpha value is -1.03. The van der Waals surface area contributed by atoms with Crippen molar-refractivity contribution in [1.29, 1.82) is 0 Å². The van der Waals surface area contributed by atoms with Crippen LogP contribution in [0.4, 0.5) is 13.2 Å². The summed E-state index contributed by atoms with van der Waals surface area (Å²) in [5.74, 6) is 0.543. The fourth-order valence-corrected chi connectivity index (χ4v) is 2.21. The van der Waals surface area contributed by atoms with E-state index in [1.54, 1.807) is 12.1 Å². The van der Waals surface area contributed by atoms with Crippen molar-refractivity contribution in [2.45, 2.75) is 31.5 Å². The summed E-state index contributed by atoms with van der Waals surface area (Å²) < 4.78 is 38.4. The Kier molecular flexibility index (Phi) is 3.43. The van der Waals surface area contributed by atoms with Gasteiger partial charge in [0.15, 0.2) is 0 Å². The van der Waals surface area contributed by atoms with Crippen LogP contribution in [0.2, 0.25) is 0 Å². The van der Waals surface area contributed by atoms with Crippen LogP contribution < -0.4 is 5.32 Å². The number of alkyl halides is 3. The first-order valence-electron chi connectivity index (χ1n) is 5.84. The molecule has 0 spiro atoms. The molecule has 1 saturated carbocycles. The van der Waals surface area contributed by atoms with E-state index in [0.29, 0.717) is 17.9 Å². The van der Waals surface area contributed by atoms with Gasteiger partial charge >= 0.3 is 6.18 Å². The maximum absolute atomic E-state index is 12.8. The first-order valence-corrected chi connectivity index (χ1v) is 5.84. The Morgan fingerprint density at radius 3 is 2.47 bits per heavy atom. The van der Waals surface area contributed by atoms with Gasteiger partial charge in [-0.15, -0.1) is 0 Å². The van der Waals surface area contributed by atoms with Gasteiger partial charge < -0.3 is 5.32 Å². The van der Waals surface area contributed by atoms with Gasteiger partial charge in [-0.25, -0.2) is 0 Å².